The second-order valence-electron chi connectivity index (χ2n) is 6.09. The predicted molar refractivity (Wildman–Crippen MR) is 89.0 cm³/mol. The number of benzene rings is 1. The summed E-state index contributed by atoms with van der Waals surface area (Å²) in [6.07, 6.45) is 5.25. The smallest absolute Gasteiger partial charge is 0.118 e. The Hall–Kier alpha value is -1.06. The number of nitrogens with one attached hydrogen (secondary N) is 1. The van der Waals surface area contributed by atoms with E-state index in [4.69, 9.17) is 4.74 Å². The average Bonchev–Trinajstić information content (AvgIpc) is 3.31. The maximum Gasteiger partial charge on any atom is 0.118 e. The highest BCUT2D eigenvalue weighted by molar-refractivity contribution is 5.27. The second kappa shape index (κ2) is 9.06. The summed E-state index contributed by atoms with van der Waals surface area (Å²) in [6.45, 7) is 8.17. The van der Waals surface area contributed by atoms with E-state index in [0.29, 0.717) is 0 Å². The van der Waals surface area contributed by atoms with E-state index < -0.39 is 0 Å². The van der Waals surface area contributed by atoms with E-state index in [-0.39, 0.29) is 0 Å². The molecule has 0 heterocycles. The lowest BCUT2D eigenvalue weighted by molar-refractivity contribution is 0.263. The van der Waals surface area contributed by atoms with Crippen LogP contribution in [0.2, 0.25) is 0 Å². The molecule has 0 unspecified atom stereocenters. The molecule has 1 aromatic carbocycles. The summed E-state index contributed by atoms with van der Waals surface area (Å²) in [7, 11) is 1.71. The van der Waals surface area contributed by atoms with Gasteiger partial charge in [-0.05, 0) is 62.4 Å². The zero-order valence-electron chi connectivity index (χ0n) is 13.6. The number of hydrogen-bond donors (Lipinski definition) is 1. The first-order chi connectivity index (χ1) is 10.3. The molecule has 118 valence electrons. The van der Waals surface area contributed by atoms with Gasteiger partial charge in [-0.2, -0.15) is 0 Å². The molecule has 1 saturated carbocycles. The molecule has 0 saturated heterocycles. The van der Waals surface area contributed by atoms with Gasteiger partial charge in [0.15, 0.2) is 0 Å². The quantitative estimate of drug-likeness (QED) is 0.634. The number of hydrogen-bond acceptors (Lipinski definition) is 3. The summed E-state index contributed by atoms with van der Waals surface area (Å²) in [5.41, 5.74) is 1.37. The maximum atomic E-state index is 5.18. The van der Waals surface area contributed by atoms with Crippen molar-refractivity contribution in [2.24, 2.45) is 5.92 Å². The SMILES string of the molecule is CCCN(CCNCCc1ccc(OC)cc1)CC1CC1. The summed E-state index contributed by atoms with van der Waals surface area (Å²) in [5.74, 6) is 1.93. The largest absolute Gasteiger partial charge is 0.497 e. The van der Waals surface area contributed by atoms with Gasteiger partial charge in [0, 0.05) is 19.6 Å². The highest BCUT2D eigenvalue weighted by Crippen LogP contribution is 2.29. The van der Waals surface area contributed by atoms with Crippen LogP contribution in [0.15, 0.2) is 24.3 Å². The summed E-state index contributed by atoms with van der Waals surface area (Å²) in [6, 6.07) is 8.37. The van der Waals surface area contributed by atoms with Crippen LogP contribution in [0.3, 0.4) is 0 Å². The Morgan fingerprint density at radius 3 is 2.52 bits per heavy atom. The molecule has 0 bridgehead atoms. The first kappa shape index (κ1) is 16.3. The molecule has 0 aromatic heterocycles. The standard InChI is InChI=1S/C18H30N2O/c1-3-13-20(15-17-4-5-17)14-12-19-11-10-16-6-8-18(21-2)9-7-16/h6-9,17,19H,3-5,10-15H2,1-2H3. The van der Waals surface area contributed by atoms with Crippen LogP contribution in [-0.4, -0.2) is 44.7 Å². The van der Waals surface area contributed by atoms with Crippen LogP contribution in [0.25, 0.3) is 0 Å². The second-order valence-corrected chi connectivity index (χ2v) is 6.09. The van der Waals surface area contributed by atoms with Crippen LogP contribution < -0.4 is 10.1 Å². The molecule has 1 aliphatic rings. The van der Waals surface area contributed by atoms with Gasteiger partial charge in [-0.15, -0.1) is 0 Å². The molecule has 1 fully saturated rings. The van der Waals surface area contributed by atoms with Gasteiger partial charge in [-0.25, -0.2) is 0 Å². The lowest BCUT2D eigenvalue weighted by Gasteiger charge is -2.21. The molecule has 0 spiro atoms. The fraction of sp³-hybridized carbons (Fsp3) is 0.667. The topological polar surface area (TPSA) is 24.5 Å². The average molecular weight is 290 g/mol. The van der Waals surface area contributed by atoms with E-state index in [2.05, 4.69) is 29.3 Å². The molecule has 3 nitrogen and oxygen atoms in total. The molecule has 3 heteroatoms. The minimum Gasteiger partial charge on any atom is -0.497 e. The van der Waals surface area contributed by atoms with Gasteiger partial charge in [0.25, 0.3) is 0 Å². The predicted octanol–water partition coefficient (Wildman–Crippen LogP) is 2.95. The number of rotatable bonds is 11. The molecule has 0 amide bonds. The highest BCUT2D eigenvalue weighted by atomic mass is 16.5. The van der Waals surface area contributed by atoms with Crippen LogP contribution in [0.5, 0.6) is 5.75 Å². The first-order valence-electron chi connectivity index (χ1n) is 8.37. The van der Waals surface area contributed by atoms with Crippen molar-refractivity contribution in [1.82, 2.24) is 10.2 Å². The van der Waals surface area contributed by atoms with Crippen molar-refractivity contribution >= 4 is 0 Å². The van der Waals surface area contributed by atoms with E-state index in [1.807, 2.05) is 12.1 Å². The number of methoxy groups -OCH3 is 1. The summed E-state index contributed by atoms with van der Waals surface area (Å²) < 4.78 is 5.18. The lowest BCUT2D eigenvalue weighted by Crippen LogP contribution is -2.34. The minimum absolute atomic E-state index is 0.932. The maximum absolute atomic E-state index is 5.18. The van der Waals surface area contributed by atoms with Gasteiger partial charge >= 0.3 is 0 Å². The van der Waals surface area contributed by atoms with Gasteiger partial charge in [-0.1, -0.05) is 19.1 Å². The van der Waals surface area contributed by atoms with Crippen molar-refractivity contribution in [2.45, 2.75) is 32.6 Å². The van der Waals surface area contributed by atoms with E-state index in [1.54, 1.807) is 7.11 Å². The summed E-state index contributed by atoms with van der Waals surface area (Å²) in [5, 5.41) is 3.57. The molecular weight excluding hydrogens is 260 g/mol. The van der Waals surface area contributed by atoms with Crippen molar-refractivity contribution < 1.29 is 4.74 Å². The Bertz CT molecular complexity index is 387. The zero-order chi connectivity index (χ0) is 14.9. The molecule has 0 atom stereocenters. The normalized spacial score (nSPS) is 14.6. The zero-order valence-corrected chi connectivity index (χ0v) is 13.6. The molecule has 1 aliphatic carbocycles. The number of ether oxygens (including phenoxy) is 1. The fourth-order valence-electron chi connectivity index (χ4n) is 2.66. The monoisotopic (exact) mass is 290 g/mol. The third-order valence-electron chi connectivity index (χ3n) is 4.11. The van der Waals surface area contributed by atoms with E-state index in [0.717, 1.165) is 31.2 Å². The van der Waals surface area contributed by atoms with Gasteiger partial charge in [0.2, 0.25) is 0 Å². The van der Waals surface area contributed by atoms with Crippen molar-refractivity contribution in [1.29, 1.82) is 0 Å². The first-order valence-corrected chi connectivity index (χ1v) is 8.37. The molecule has 0 aliphatic heterocycles. The Kier molecular flexibility index (Phi) is 7.04. The highest BCUT2D eigenvalue weighted by Gasteiger charge is 2.23. The molecule has 2 rings (SSSR count). The van der Waals surface area contributed by atoms with Crippen molar-refractivity contribution in [3.63, 3.8) is 0 Å². The van der Waals surface area contributed by atoms with Crippen molar-refractivity contribution in [3.05, 3.63) is 29.8 Å². The molecular formula is C18H30N2O. The molecule has 0 radical (unpaired) electrons. The van der Waals surface area contributed by atoms with Crippen LogP contribution in [0, 0.1) is 5.92 Å². The summed E-state index contributed by atoms with van der Waals surface area (Å²) >= 11 is 0. The Morgan fingerprint density at radius 1 is 1.14 bits per heavy atom. The van der Waals surface area contributed by atoms with Gasteiger partial charge in [0.05, 0.1) is 7.11 Å². The van der Waals surface area contributed by atoms with Gasteiger partial charge in [-0.3, -0.25) is 0 Å². The van der Waals surface area contributed by atoms with Crippen molar-refractivity contribution in [2.75, 3.05) is 39.8 Å². The molecule has 1 N–H and O–H groups in total. The molecule has 1 aromatic rings. The Labute approximate surface area is 129 Å². The third-order valence-corrected chi connectivity index (χ3v) is 4.11. The Balaban J connectivity index is 1.57. The minimum atomic E-state index is 0.932. The van der Waals surface area contributed by atoms with Crippen molar-refractivity contribution in [3.8, 4) is 5.75 Å². The Morgan fingerprint density at radius 2 is 1.90 bits per heavy atom. The number of nitrogens with zero attached hydrogens (tertiary/aromatic N) is 1. The fourth-order valence-corrected chi connectivity index (χ4v) is 2.66. The summed E-state index contributed by atoms with van der Waals surface area (Å²) in [4.78, 5) is 2.62. The third kappa shape index (κ3) is 6.49. The van der Waals surface area contributed by atoms with Crippen LogP contribution in [0.4, 0.5) is 0 Å². The lowest BCUT2D eigenvalue weighted by atomic mass is 10.1. The van der Waals surface area contributed by atoms with Gasteiger partial charge in [0.1, 0.15) is 5.75 Å². The van der Waals surface area contributed by atoms with E-state index in [1.165, 1.54) is 44.5 Å². The van der Waals surface area contributed by atoms with E-state index >= 15 is 0 Å². The molecule has 21 heavy (non-hydrogen) atoms. The van der Waals surface area contributed by atoms with Crippen LogP contribution in [-0.2, 0) is 6.42 Å². The van der Waals surface area contributed by atoms with Crippen LogP contribution >= 0.6 is 0 Å². The van der Waals surface area contributed by atoms with Crippen LogP contribution in [0.1, 0.15) is 31.7 Å². The van der Waals surface area contributed by atoms with E-state index in [9.17, 15) is 0 Å². The van der Waals surface area contributed by atoms with Gasteiger partial charge < -0.3 is 15.0 Å².